The topological polar surface area (TPSA) is 108 Å². The Hall–Kier alpha value is -3.08. The van der Waals surface area contributed by atoms with Crippen LogP contribution in [0, 0.1) is 6.92 Å². The second kappa shape index (κ2) is 10.0. The quantitative estimate of drug-likeness (QED) is 0.524. The molecule has 0 spiro atoms. The first kappa shape index (κ1) is 23.6. The molecule has 1 heterocycles. The molecule has 0 unspecified atom stereocenters. The van der Waals surface area contributed by atoms with Crippen molar-refractivity contribution in [2.45, 2.75) is 18.2 Å². The predicted octanol–water partition coefficient (Wildman–Crippen LogP) is 3.13. The number of carbonyl (C=O) groups is 2. The Morgan fingerprint density at radius 3 is 2.41 bits per heavy atom. The van der Waals surface area contributed by atoms with Crippen LogP contribution in [0.25, 0.3) is 11.3 Å². The first-order valence-electron chi connectivity index (χ1n) is 9.80. The molecule has 0 saturated heterocycles. The minimum absolute atomic E-state index is 0.115. The molecule has 3 rings (SSSR count). The Labute approximate surface area is 191 Å². The van der Waals surface area contributed by atoms with Gasteiger partial charge in [-0.1, -0.05) is 30.3 Å². The molecule has 10 heteroatoms. The van der Waals surface area contributed by atoms with Gasteiger partial charge in [-0.25, -0.2) is 17.7 Å². The number of thiazole rings is 1. The highest BCUT2D eigenvalue weighted by Crippen LogP contribution is 2.26. The maximum Gasteiger partial charge on any atom is 0.251 e. The third-order valence-electron chi connectivity index (χ3n) is 4.71. The van der Waals surface area contributed by atoms with Crippen molar-refractivity contribution in [3.05, 3.63) is 65.0 Å². The summed E-state index contributed by atoms with van der Waals surface area (Å²) in [4.78, 5) is 29.0. The van der Waals surface area contributed by atoms with Gasteiger partial charge in [0.1, 0.15) is 0 Å². The summed E-state index contributed by atoms with van der Waals surface area (Å²) in [6.07, 6.45) is 0.115. The van der Waals surface area contributed by atoms with Gasteiger partial charge in [-0.05, 0) is 30.7 Å². The second-order valence-corrected chi connectivity index (χ2v) is 10.2. The fraction of sp³-hybridized carbons (Fsp3) is 0.227. The molecule has 168 valence electrons. The summed E-state index contributed by atoms with van der Waals surface area (Å²) >= 11 is 1.27. The van der Waals surface area contributed by atoms with Crippen molar-refractivity contribution in [3.63, 3.8) is 0 Å². The SMILES string of the molecule is Cc1ccccc1C(=O)NCCC(=O)Nc1nc(-c2ccc(S(=O)(=O)N(C)C)cc2)cs1. The molecule has 0 radical (unpaired) electrons. The largest absolute Gasteiger partial charge is 0.352 e. The highest BCUT2D eigenvalue weighted by molar-refractivity contribution is 7.89. The number of rotatable bonds is 8. The Morgan fingerprint density at radius 1 is 1.06 bits per heavy atom. The molecule has 0 aliphatic rings. The molecule has 0 aliphatic heterocycles. The van der Waals surface area contributed by atoms with Crippen LogP contribution in [0.3, 0.4) is 0 Å². The summed E-state index contributed by atoms with van der Waals surface area (Å²) in [5.41, 5.74) is 2.83. The number of anilines is 1. The second-order valence-electron chi connectivity index (χ2n) is 7.22. The lowest BCUT2D eigenvalue weighted by Gasteiger charge is -2.11. The zero-order chi connectivity index (χ0) is 23.3. The molecule has 0 fully saturated rings. The Kier molecular flexibility index (Phi) is 7.39. The maximum absolute atomic E-state index is 12.2. The number of hydrogen-bond donors (Lipinski definition) is 2. The van der Waals surface area contributed by atoms with Crippen LogP contribution in [0.15, 0.2) is 58.8 Å². The van der Waals surface area contributed by atoms with Gasteiger partial charge in [-0.15, -0.1) is 11.3 Å². The van der Waals surface area contributed by atoms with Gasteiger partial charge in [-0.3, -0.25) is 9.59 Å². The number of carbonyl (C=O) groups excluding carboxylic acids is 2. The lowest BCUT2D eigenvalue weighted by Crippen LogP contribution is -2.28. The third-order valence-corrected chi connectivity index (χ3v) is 7.29. The predicted molar refractivity (Wildman–Crippen MR) is 125 cm³/mol. The zero-order valence-corrected chi connectivity index (χ0v) is 19.6. The number of nitrogens with zero attached hydrogens (tertiary/aromatic N) is 2. The van der Waals surface area contributed by atoms with Gasteiger partial charge in [0, 0.05) is 43.6 Å². The molecule has 2 N–H and O–H groups in total. The first-order chi connectivity index (χ1) is 15.2. The Morgan fingerprint density at radius 2 is 1.75 bits per heavy atom. The number of benzene rings is 2. The van der Waals surface area contributed by atoms with Crippen molar-refractivity contribution in [2.75, 3.05) is 26.0 Å². The van der Waals surface area contributed by atoms with Crippen molar-refractivity contribution in [1.82, 2.24) is 14.6 Å². The summed E-state index contributed by atoms with van der Waals surface area (Å²) in [5, 5.41) is 7.68. The highest BCUT2D eigenvalue weighted by Gasteiger charge is 2.17. The van der Waals surface area contributed by atoms with Crippen molar-refractivity contribution in [1.29, 1.82) is 0 Å². The van der Waals surface area contributed by atoms with Crippen molar-refractivity contribution < 1.29 is 18.0 Å². The molecule has 3 aromatic rings. The molecule has 2 amide bonds. The normalized spacial score (nSPS) is 11.4. The number of aryl methyl sites for hydroxylation is 1. The van der Waals surface area contributed by atoms with E-state index >= 15 is 0 Å². The molecule has 0 bridgehead atoms. The molecular weight excluding hydrogens is 448 g/mol. The van der Waals surface area contributed by atoms with E-state index in [0.29, 0.717) is 16.4 Å². The summed E-state index contributed by atoms with van der Waals surface area (Å²) < 4.78 is 25.5. The van der Waals surface area contributed by atoms with Gasteiger partial charge in [0.05, 0.1) is 10.6 Å². The number of amides is 2. The van der Waals surface area contributed by atoms with E-state index in [-0.39, 0.29) is 29.7 Å². The van der Waals surface area contributed by atoms with Crippen molar-refractivity contribution >= 4 is 38.3 Å². The van der Waals surface area contributed by atoms with Crippen LogP contribution >= 0.6 is 11.3 Å². The van der Waals surface area contributed by atoms with Crippen molar-refractivity contribution in [2.24, 2.45) is 0 Å². The van der Waals surface area contributed by atoms with Gasteiger partial charge in [-0.2, -0.15) is 0 Å². The average Bonchev–Trinajstić information content (AvgIpc) is 3.22. The van der Waals surface area contributed by atoms with Crippen LogP contribution in [0.1, 0.15) is 22.3 Å². The maximum atomic E-state index is 12.2. The summed E-state index contributed by atoms with van der Waals surface area (Å²) in [5.74, 6) is -0.476. The third kappa shape index (κ3) is 5.58. The van der Waals surface area contributed by atoms with E-state index in [2.05, 4.69) is 15.6 Å². The molecule has 0 aliphatic carbocycles. The van der Waals surface area contributed by atoms with Crippen LogP contribution in [-0.2, 0) is 14.8 Å². The van der Waals surface area contributed by atoms with E-state index < -0.39 is 10.0 Å². The summed E-state index contributed by atoms with van der Waals surface area (Å²) in [6.45, 7) is 2.06. The standard InChI is InChI=1S/C22H24N4O4S2/c1-15-6-4-5-7-18(15)21(28)23-13-12-20(27)25-22-24-19(14-31-22)16-8-10-17(11-9-16)32(29,30)26(2)3/h4-11,14H,12-13H2,1-3H3,(H,23,28)(H,24,25,27). The van der Waals surface area contributed by atoms with E-state index in [1.807, 2.05) is 19.1 Å². The van der Waals surface area contributed by atoms with E-state index in [0.717, 1.165) is 15.4 Å². The molecule has 1 aromatic heterocycles. The van der Waals surface area contributed by atoms with Gasteiger partial charge in [0.25, 0.3) is 5.91 Å². The molecule has 0 atom stereocenters. The van der Waals surface area contributed by atoms with Gasteiger partial charge in [0.15, 0.2) is 5.13 Å². The van der Waals surface area contributed by atoms with Crippen LogP contribution in [-0.4, -0.2) is 50.2 Å². The average molecular weight is 473 g/mol. The Balaban J connectivity index is 1.54. The fourth-order valence-corrected chi connectivity index (χ4v) is 4.50. The van der Waals surface area contributed by atoms with Gasteiger partial charge >= 0.3 is 0 Å². The van der Waals surface area contributed by atoms with Gasteiger partial charge < -0.3 is 10.6 Å². The fourth-order valence-electron chi connectivity index (χ4n) is 2.87. The first-order valence-corrected chi connectivity index (χ1v) is 12.1. The minimum atomic E-state index is -3.49. The molecule has 0 saturated carbocycles. The number of hydrogen-bond acceptors (Lipinski definition) is 6. The number of aromatic nitrogens is 1. The molecule has 32 heavy (non-hydrogen) atoms. The summed E-state index contributed by atoms with van der Waals surface area (Å²) in [6, 6.07) is 13.7. The van der Waals surface area contributed by atoms with Crippen LogP contribution in [0.2, 0.25) is 0 Å². The highest BCUT2D eigenvalue weighted by atomic mass is 32.2. The van der Waals surface area contributed by atoms with Crippen LogP contribution in [0.5, 0.6) is 0 Å². The van der Waals surface area contributed by atoms with E-state index in [9.17, 15) is 18.0 Å². The smallest absolute Gasteiger partial charge is 0.251 e. The van der Waals surface area contributed by atoms with Crippen LogP contribution < -0.4 is 10.6 Å². The lowest BCUT2D eigenvalue weighted by atomic mass is 10.1. The lowest BCUT2D eigenvalue weighted by molar-refractivity contribution is -0.116. The van der Waals surface area contributed by atoms with E-state index in [1.165, 1.54) is 37.6 Å². The summed E-state index contributed by atoms with van der Waals surface area (Å²) in [7, 11) is -0.535. The minimum Gasteiger partial charge on any atom is -0.352 e. The van der Waals surface area contributed by atoms with E-state index in [4.69, 9.17) is 0 Å². The van der Waals surface area contributed by atoms with E-state index in [1.54, 1.807) is 29.6 Å². The monoisotopic (exact) mass is 472 g/mol. The Bertz CT molecular complexity index is 1220. The molecule has 8 nitrogen and oxygen atoms in total. The number of sulfonamides is 1. The van der Waals surface area contributed by atoms with Crippen molar-refractivity contribution in [3.8, 4) is 11.3 Å². The zero-order valence-electron chi connectivity index (χ0n) is 18.0. The molecule has 2 aromatic carbocycles. The van der Waals surface area contributed by atoms with Gasteiger partial charge in [0.2, 0.25) is 15.9 Å². The molecular formula is C22H24N4O4S2. The van der Waals surface area contributed by atoms with Crippen LogP contribution in [0.4, 0.5) is 5.13 Å². The number of nitrogens with one attached hydrogen (secondary N) is 2.